The molecule has 0 aromatic heterocycles. The topological polar surface area (TPSA) is 0 Å². The molecule has 0 heterocycles. The minimum absolute atomic E-state index is 0. The van der Waals surface area contributed by atoms with Crippen molar-refractivity contribution in [3.63, 3.8) is 0 Å². The first-order chi connectivity index (χ1) is 12.9. The van der Waals surface area contributed by atoms with Gasteiger partial charge in [0.15, 0.2) is 0 Å². The molecule has 0 aliphatic heterocycles. The van der Waals surface area contributed by atoms with E-state index in [1.54, 1.807) is 11.1 Å². The zero-order chi connectivity index (χ0) is 18.9. The van der Waals surface area contributed by atoms with Gasteiger partial charge in [-0.1, -0.05) is 0 Å². The van der Waals surface area contributed by atoms with Gasteiger partial charge < -0.3 is 0 Å². The average molecular weight is 525 g/mol. The van der Waals surface area contributed by atoms with E-state index < -0.39 is 17.4 Å². The van der Waals surface area contributed by atoms with E-state index in [0.29, 0.717) is 11.8 Å². The Balaban J connectivity index is 0.00000150. The second-order valence-corrected chi connectivity index (χ2v) is 43.3. The third-order valence-corrected chi connectivity index (χ3v) is 20.8. The first-order valence-electron chi connectivity index (χ1n) is 10.5. The first kappa shape index (κ1) is 24.9. The Bertz CT molecular complexity index is 970. The van der Waals surface area contributed by atoms with Crippen LogP contribution >= 0.6 is 24.8 Å². The molecule has 29 heavy (non-hydrogen) atoms. The second-order valence-electron chi connectivity index (χ2n) is 9.99. The van der Waals surface area contributed by atoms with Crippen LogP contribution in [0.1, 0.15) is 53.4 Å². The quantitative estimate of drug-likeness (QED) is 0.324. The molecular formula is C25H34Cl2SiZr. The number of hydrogen-bond donors (Lipinski definition) is 0. The van der Waals surface area contributed by atoms with Crippen LogP contribution in [0.15, 0.2) is 60.7 Å². The molecule has 4 heteroatoms. The summed E-state index contributed by atoms with van der Waals surface area (Å²) < 4.78 is 8.39. The molecule has 2 atom stereocenters. The van der Waals surface area contributed by atoms with Crippen LogP contribution in [0.5, 0.6) is 0 Å². The van der Waals surface area contributed by atoms with Crippen molar-refractivity contribution in [3.05, 3.63) is 82.9 Å². The molecule has 0 spiro atoms. The van der Waals surface area contributed by atoms with E-state index in [-0.39, 0.29) is 24.8 Å². The Morgan fingerprint density at radius 3 is 1.76 bits per heavy atom. The molecule has 2 aliphatic carbocycles. The third-order valence-electron chi connectivity index (χ3n) is 6.66. The van der Waals surface area contributed by atoms with Gasteiger partial charge in [-0.3, -0.25) is 0 Å². The number of fused-ring (bicyclic) bond motifs is 2. The number of benzene rings is 2. The van der Waals surface area contributed by atoms with Gasteiger partial charge in [0.05, 0.1) is 0 Å². The van der Waals surface area contributed by atoms with E-state index in [1.165, 1.54) is 38.6 Å². The summed E-state index contributed by atoms with van der Waals surface area (Å²) in [5.74, 6) is 1.31. The maximum absolute atomic E-state index is 2.70. The van der Waals surface area contributed by atoms with E-state index in [4.69, 9.17) is 0 Å². The fourth-order valence-electron chi connectivity index (χ4n) is 4.85. The van der Waals surface area contributed by atoms with Crippen molar-refractivity contribution in [2.45, 2.75) is 48.6 Å². The molecule has 0 bridgehead atoms. The standard InChI is InChI=1S/C12H13.C11H11.2CH3.2ClH.H2Si.Zr/c1-2-5-10-8-9-11-6-3-4-7-12(10)11;1-2-9-7-8-10-5-3-4-6-11(9)10;;;;;;/h3-4,6-10H,1-2,5H2;3-9H,1-2H2;2*1H3;2*1H;1H2;. The Kier molecular flexibility index (Phi) is 8.42. The Labute approximate surface area is 191 Å². The van der Waals surface area contributed by atoms with Gasteiger partial charge in [0.25, 0.3) is 0 Å². The van der Waals surface area contributed by atoms with Crippen molar-refractivity contribution in [2.75, 3.05) is 0 Å². The summed E-state index contributed by atoms with van der Waals surface area (Å²) >= 11 is -2.52. The van der Waals surface area contributed by atoms with Crippen LogP contribution in [-0.4, -0.2) is 6.88 Å². The molecule has 0 nitrogen and oxygen atoms in total. The van der Waals surface area contributed by atoms with Crippen LogP contribution < -0.4 is 0 Å². The van der Waals surface area contributed by atoms with Gasteiger partial charge in [0.1, 0.15) is 0 Å². The molecule has 0 N–H and O–H groups in total. The van der Waals surface area contributed by atoms with Gasteiger partial charge in [-0.05, 0) is 0 Å². The second kappa shape index (κ2) is 9.82. The van der Waals surface area contributed by atoms with E-state index in [2.05, 4.69) is 89.0 Å². The van der Waals surface area contributed by atoms with Crippen molar-refractivity contribution in [2.24, 2.45) is 0 Å². The number of allylic oxidation sites excluding steroid dienone is 2. The van der Waals surface area contributed by atoms with E-state index in [1.807, 2.05) is 0 Å². The third kappa shape index (κ3) is 6.07. The summed E-state index contributed by atoms with van der Waals surface area (Å²) in [7, 11) is 0. The van der Waals surface area contributed by atoms with Crippen LogP contribution in [0, 0.1) is 0 Å². The average Bonchev–Trinajstić information content (AvgIpc) is 3.24. The number of rotatable bonds is 7. The van der Waals surface area contributed by atoms with E-state index in [9.17, 15) is 0 Å². The van der Waals surface area contributed by atoms with Crippen molar-refractivity contribution in [1.82, 2.24) is 0 Å². The van der Waals surface area contributed by atoms with Crippen molar-refractivity contribution < 1.29 is 17.4 Å². The summed E-state index contributed by atoms with van der Waals surface area (Å²) in [6.45, 7) is 2.44. The number of halogens is 2. The van der Waals surface area contributed by atoms with Crippen molar-refractivity contribution in [3.8, 4) is 0 Å². The van der Waals surface area contributed by atoms with Crippen molar-refractivity contribution in [1.29, 1.82) is 0 Å². The van der Waals surface area contributed by atoms with Crippen LogP contribution in [0.4, 0.5) is 0 Å². The van der Waals surface area contributed by atoms with Crippen LogP contribution in [0.2, 0.25) is 17.5 Å². The van der Waals surface area contributed by atoms with Crippen LogP contribution in [-0.2, 0) is 17.4 Å². The van der Waals surface area contributed by atoms with E-state index in [0.717, 1.165) is 0 Å². The zero-order valence-electron chi connectivity index (χ0n) is 17.6. The normalized spacial score (nSPS) is 19.3. The van der Waals surface area contributed by atoms with Gasteiger partial charge in [-0.2, -0.15) is 0 Å². The predicted octanol–water partition coefficient (Wildman–Crippen LogP) is 7.79. The molecular weight excluding hydrogens is 490 g/mol. The Hall–Kier alpha value is -0.400. The SMILES string of the molecule is Cl.Cl.[CH3][Zr]([CH3])(=[SiH2])([CH2]CCC1C=Cc2ccccc21)[CH2]CC1C=Cc2ccccc21. The molecule has 0 saturated heterocycles. The molecule has 2 aromatic carbocycles. The summed E-state index contributed by atoms with van der Waals surface area (Å²) in [5, 5.41) is 0. The zero-order valence-corrected chi connectivity index (χ0v) is 23.1. The predicted molar refractivity (Wildman–Crippen MR) is 135 cm³/mol. The Morgan fingerprint density at radius 2 is 1.21 bits per heavy atom. The molecule has 0 fully saturated rings. The molecule has 156 valence electrons. The molecule has 4 rings (SSSR count). The van der Waals surface area contributed by atoms with E-state index >= 15 is 0 Å². The molecule has 0 radical (unpaired) electrons. The first-order valence-corrected chi connectivity index (χ1v) is 24.8. The Morgan fingerprint density at radius 1 is 0.724 bits per heavy atom. The fraction of sp³-hybridized carbons (Fsp3) is 0.360. The monoisotopic (exact) mass is 522 g/mol. The molecule has 0 amide bonds. The summed E-state index contributed by atoms with van der Waals surface area (Å²) in [6, 6.07) is 17.9. The van der Waals surface area contributed by atoms with Gasteiger partial charge in [0, 0.05) is 0 Å². The molecule has 2 aliphatic rings. The van der Waals surface area contributed by atoms with Gasteiger partial charge in [0.2, 0.25) is 0 Å². The molecule has 2 unspecified atom stereocenters. The molecule has 2 aromatic rings. The fourth-order valence-corrected chi connectivity index (χ4v) is 14.8. The van der Waals surface area contributed by atoms with Crippen molar-refractivity contribution >= 4 is 43.8 Å². The van der Waals surface area contributed by atoms with Crippen LogP contribution in [0.3, 0.4) is 0 Å². The summed E-state index contributed by atoms with van der Waals surface area (Å²) in [4.78, 5) is 0. The maximum atomic E-state index is 2.70. The van der Waals surface area contributed by atoms with Crippen LogP contribution in [0.25, 0.3) is 12.2 Å². The summed E-state index contributed by atoms with van der Waals surface area (Å²) in [6.07, 6.45) is 13.6. The summed E-state index contributed by atoms with van der Waals surface area (Å²) in [5.41, 5.74) is 5.98. The minimum atomic E-state index is -2.52. The van der Waals surface area contributed by atoms with Gasteiger partial charge in [-0.25, -0.2) is 0 Å². The number of hydrogen-bond acceptors (Lipinski definition) is 0. The van der Waals surface area contributed by atoms with Gasteiger partial charge in [-0.15, -0.1) is 24.8 Å². The molecule has 0 saturated carbocycles. The van der Waals surface area contributed by atoms with Gasteiger partial charge >= 0.3 is 168 Å².